The summed E-state index contributed by atoms with van der Waals surface area (Å²) in [5, 5.41) is 0. The third-order valence-electron chi connectivity index (χ3n) is 5.99. The Morgan fingerprint density at radius 3 is 2.52 bits per heavy atom. The summed E-state index contributed by atoms with van der Waals surface area (Å²) in [4.78, 5) is 40.0. The molecule has 8 nitrogen and oxygen atoms in total. The fourth-order valence-electron chi connectivity index (χ4n) is 4.20. The standard InChI is InChI=1S/C25H25N5O3/c31-23(11-13-30-20-8-4-5-9-21(20)33-18-24(30)32)29-16-14-28(15-17-29)22-10-12-26-25(27-22)19-6-2-1-3-7-19/h1-10,12H,11,13-18H2. The second kappa shape index (κ2) is 9.28. The number of aromatic nitrogens is 2. The fourth-order valence-corrected chi connectivity index (χ4v) is 4.20. The first kappa shape index (κ1) is 20.9. The SMILES string of the molecule is O=C(CCN1C(=O)COc2ccccc21)N1CCN(c2ccnc(-c3ccccc3)n2)CC1. The number of ether oxygens (including phenoxy) is 1. The first-order chi connectivity index (χ1) is 16.2. The normalized spacial score (nSPS) is 15.8. The van der Waals surface area contributed by atoms with Gasteiger partial charge in [-0.3, -0.25) is 9.59 Å². The molecule has 2 amide bonds. The average Bonchev–Trinajstić information content (AvgIpc) is 2.88. The lowest BCUT2D eigenvalue weighted by Gasteiger charge is -2.36. The number of nitrogens with zero attached hydrogens (tertiary/aromatic N) is 5. The number of fused-ring (bicyclic) bond motifs is 1. The first-order valence-electron chi connectivity index (χ1n) is 11.1. The van der Waals surface area contributed by atoms with Crippen molar-refractivity contribution in [3.8, 4) is 17.1 Å². The Labute approximate surface area is 192 Å². The molecule has 0 spiro atoms. The van der Waals surface area contributed by atoms with Gasteiger partial charge in [0.25, 0.3) is 5.91 Å². The van der Waals surface area contributed by atoms with Crippen molar-refractivity contribution in [2.24, 2.45) is 0 Å². The van der Waals surface area contributed by atoms with Gasteiger partial charge in [-0.25, -0.2) is 9.97 Å². The molecule has 2 aliphatic rings. The summed E-state index contributed by atoms with van der Waals surface area (Å²) in [5.41, 5.74) is 1.71. The third kappa shape index (κ3) is 4.50. The maximum Gasteiger partial charge on any atom is 0.265 e. The van der Waals surface area contributed by atoms with Crippen molar-refractivity contribution in [3.63, 3.8) is 0 Å². The van der Waals surface area contributed by atoms with Crippen LogP contribution < -0.4 is 14.5 Å². The van der Waals surface area contributed by atoms with E-state index in [4.69, 9.17) is 9.72 Å². The molecular weight excluding hydrogens is 418 g/mol. The molecule has 0 atom stereocenters. The summed E-state index contributed by atoms with van der Waals surface area (Å²) in [5.74, 6) is 2.18. The van der Waals surface area contributed by atoms with Crippen LogP contribution in [-0.2, 0) is 9.59 Å². The molecule has 0 aliphatic carbocycles. The molecule has 1 saturated heterocycles. The highest BCUT2D eigenvalue weighted by atomic mass is 16.5. The van der Waals surface area contributed by atoms with Gasteiger partial charge in [-0.15, -0.1) is 0 Å². The van der Waals surface area contributed by atoms with Gasteiger partial charge in [0, 0.05) is 50.9 Å². The number of piperazine rings is 1. The van der Waals surface area contributed by atoms with E-state index in [1.807, 2.05) is 65.6 Å². The molecule has 0 saturated carbocycles. The Hall–Kier alpha value is -3.94. The molecule has 3 aromatic rings. The first-order valence-corrected chi connectivity index (χ1v) is 11.1. The Bertz CT molecular complexity index is 1150. The topological polar surface area (TPSA) is 78.9 Å². The van der Waals surface area contributed by atoms with Gasteiger partial charge in [-0.2, -0.15) is 0 Å². The van der Waals surface area contributed by atoms with Crippen molar-refractivity contribution in [2.45, 2.75) is 6.42 Å². The van der Waals surface area contributed by atoms with Crippen molar-refractivity contribution in [1.82, 2.24) is 14.9 Å². The van der Waals surface area contributed by atoms with E-state index in [1.165, 1.54) is 0 Å². The van der Waals surface area contributed by atoms with E-state index in [0.717, 1.165) is 17.1 Å². The Morgan fingerprint density at radius 2 is 1.70 bits per heavy atom. The van der Waals surface area contributed by atoms with Gasteiger partial charge in [0.1, 0.15) is 11.6 Å². The maximum absolute atomic E-state index is 12.9. The second-order valence-electron chi connectivity index (χ2n) is 8.02. The van der Waals surface area contributed by atoms with Crippen LogP contribution in [-0.4, -0.2) is 66.0 Å². The number of benzene rings is 2. The van der Waals surface area contributed by atoms with Crippen molar-refractivity contribution in [3.05, 3.63) is 66.9 Å². The van der Waals surface area contributed by atoms with Crippen molar-refractivity contribution >= 4 is 23.3 Å². The van der Waals surface area contributed by atoms with Crippen molar-refractivity contribution in [1.29, 1.82) is 0 Å². The van der Waals surface area contributed by atoms with Gasteiger partial charge in [0.15, 0.2) is 12.4 Å². The van der Waals surface area contributed by atoms with Gasteiger partial charge in [0.2, 0.25) is 5.91 Å². The highest BCUT2D eigenvalue weighted by Crippen LogP contribution is 2.31. The van der Waals surface area contributed by atoms with Gasteiger partial charge < -0.3 is 19.4 Å². The number of amides is 2. The molecule has 8 heteroatoms. The maximum atomic E-state index is 12.9. The molecule has 2 aromatic carbocycles. The van der Waals surface area contributed by atoms with Crippen LogP contribution in [0.25, 0.3) is 11.4 Å². The minimum atomic E-state index is -0.121. The number of hydrogen-bond acceptors (Lipinski definition) is 6. The molecule has 0 bridgehead atoms. The van der Waals surface area contributed by atoms with Crippen LogP contribution >= 0.6 is 0 Å². The molecule has 5 rings (SSSR count). The molecule has 168 valence electrons. The summed E-state index contributed by atoms with van der Waals surface area (Å²) < 4.78 is 5.48. The van der Waals surface area contributed by atoms with Gasteiger partial charge in [-0.05, 0) is 18.2 Å². The highest BCUT2D eigenvalue weighted by Gasteiger charge is 2.27. The average molecular weight is 444 g/mol. The highest BCUT2D eigenvalue weighted by molar-refractivity contribution is 5.98. The number of hydrogen-bond donors (Lipinski definition) is 0. The molecule has 2 aliphatic heterocycles. The van der Waals surface area contributed by atoms with E-state index < -0.39 is 0 Å². The predicted octanol–water partition coefficient (Wildman–Crippen LogP) is 2.61. The Kier molecular flexibility index (Phi) is 5.89. The van der Waals surface area contributed by atoms with Crippen molar-refractivity contribution < 1.29 is 14.3 Å². The van der Waals surface area contributed by atoms with Crippen LogP contribution in [0, 0.1) is 0 Å². The summed E-state index contributed by atoms with van der Waals surface area (Å²) in [6, 6.07) is 19.2. The van der Waals surface area contributed by atoms with Crippen LogP contribution in [0.4, 0.5) is 11.5 Å². The summed E-state index contributed by atoms with van der Waals surface area (Å²) in [7, 11) is 0. The molecule has 1 aromatic heterocycles. The van der Waals surface area contributed by atoms with Crippen LogP contribution in [0.5, 0.6) is 5.75 Å². The van der Waals surface area contributed by atoms with E-state index in [9.17, 15) is 9.59 Å². The summed E-state index contributed by atoms with van der Waals surface area (Å²) >= 11 is 0. The molecule has 1 fully saturated rings. The summed E-state index contributed by atoms with van der Waals surface area (Å²) in [6.45, 7) is 3.01. The lowest BCUT2D eigenvalue weighted by Crippen LogP contribution is -2.50. The van der Waals surface area contributed by atoms with Crippen LogP contribution in [0.1, 0.15) is 6.42 Å². The minimum absolute atomic E-state index is 0.00772. The molecular formula is C25H25N5O3. The number of para-hydroxylation sites is 2. The number of rotatable bonds is 5. The smallest absolute Gasteiger partial charge is 0.265 e. The van der Waals surface area contributed by atoms with Crippen LogP contribution in [0.2, 0.25) is 0 Å². The number of carbonyl (C=O) groups is 2. The molecule has 33 heavy (non-hydrogen) atoms. The third-order valence-corrected chi connectivity index (χ3v) is 5.99. The summed E-state index contributed by atoms with van der Waals surface area (Å²) in [6.07, 6.45) is 2.06. The number of anilines is 2. The van der Waals surface area contributed by atoms with E-state index in [1.54, 1.807) is 11.1 Å². The van der Waals surface area contributed by atoms with E-state index in [2.05, 4.69) is 9.88 Å². The monoisotopic (exact) mass is 443 g/mol. The zero-order valence-electron chi connectivity index (χ0n) is 18.3. The lowest BCUT2D eigenvalue weighted by atomic mass is 10.2. The molecule has 0 radical (unpaired) electrons. The quantitative estimate of drug-likeness (QED) is 0.603. The fraction of sp³-hybridized carbons (Fsp3) is 0.280. The molecule has 0 N–H and O–H groups in total. The Morgan fingerprint density at radius 1 is 0.939 bits per heavy atom. The number of carbonyl (C=O) groups excluding carboxylic acids is 2. The zero-order chi connectivity index (χ0) is 22.6. The van der Waals surface area contributed by atoms with E-state index in [-0.39, 0.29) is 24.8 Å². The van der Waals surface area contributed by atoms with Gasteiger partial charge in [0.05, 0.1) is 5.69 Å². The predicted molar refractivity (Wildman–Crippen MR) is 125 cm³/mol. The van der Waals surface area contributed by atoms with E-state index >= 15 is 0 Å². The largest absolute Gasteiger partial charge is 0.482 e. The van der Waals surface area contributed by atoms with Crippen LogP contribution in [0.15, 0.2) is 66.9 Å². The van der Waals surface area contributed by atoms with Crippen LogP contribution in [0.3, 0.4) is 0 Å². The Balaban J connectivity index is 1.17. The second-order valence-corrected chi connectivity index (χ2v) is 8.02. The lowest BCUT2D eigenvalue weighted by molar-refractivity contribution is -0.131. The molecule has 3 heterocycles. The van der Waals surface area contributed by atoms with Gasteiger partial charge >= 0.3 is 0 Å². The van der Waals surface area contributed by atoms with Gasteiger partial charge in [-0.1, -0.05) is 42.5 Å². The van der Waals surface area contributed by atoms with E-state index in [0.29, 0.717) is 44.3 Å². The minimum Gasteiger partial charge on any atom is -0.482 e. The molecule has 0 unspecified atom stereocenters. The zero-order valence-corrected chi connectivity index (χ0v) is 18.3. The van der Waals surface area contributed by atoms with Crippen molar-refractivity contribution in [2.75, 3.05) is 49.1 Å².